The molecule has 1 saturated heterocycles. The van der Waals surface area contributed by atoms with Gasteiger partial charge < -0.3 is 15.4 Å². The molecule has 112 valence electrons. The molecule has 1 aliphatic rings. The van der Waals surface area contributed by atoms with Crippen molar-refractivity contribution in [3.8, 4) is 0 Å². The maximum Gasteiger partial charge on any atom is 0.226 e. The first-order valence-corrected chi connectivity index (χ1v) is 6.86. The van der Waals surface area contributed by atoms with Gasteiger partial charge in [0.15, 0.2) is 0 Å². The topological polar surface area (TPSA) is 50.4 Å². The summed E-state index contributed by atoms with van der Waals surface area (Å²) in [5, 5.41) is 6.29. The van der Waals surface area contributed by atoms with Crippen LogP contribution in [0.25, 0.3) is 0 Å². The van der Waals surface area contributed by atoms with Gasteiger partial charge in [-0.15, -0.1) is 12.4 Å². The molecule has 1 amide bonds. The summed E-state index contributed by atoms with van der Waals surface area (Å²) >= 11 is 0. The number of anilines is 1. The van der Waals surface area contributed by atoms with E-state index in [-0.39, 0.29) is 24.4 Å². The van der Waals surface area contributed by atoms with Crippen molar-refractivity contribution in [2.24, 2.45) is 0 Å². The number of hydrogen-bond acceptors (Lipinski definition) is 3. The first kappa shape index (κ1) is 17.0. The van der Waals surface area contributed by atoms with Crippen molar-refractivity contribution in [2.45, 2.75) is 32.2 Å². The lowest BCUT2D eigenvalue weighted by Crippen LogP contribution is -2.43. The van der Waals surface area contributed by atoms with Crippen LogP contribution in [-0.2, 0) is 9.53 Å². The normalized spacial score (nSPS) is 18.4. The lowest BCUT2D eigenvalue weighted by molar-refractivity contribution is -0.117. The fourth-order valence-electron chi connectivity index (χ4n) is 2.29. The Morgan fingerprint density at radius 3 is 2.85 bits per heavy atom. The van der Waals surface area contributed by atoms with Gasteiger partial charge in [-0.05, 0) is 17.5 Å². The molecule has 0 aliphatic carbocycles. The van der Waals surface area contributed by atoms with Crippen LogP contribution in [0.15, 0.2) is 24.3 Å². The summed E-state index contributed by atoms with van der Waals surface area (Å²) in [5.74, 6) is 0.434. The first-order valence-electron chi connectivity index (χ1n) is 6.86. The van der Waals surface area contributed by atoms with E-state index in [0.717, 1.165) is 18.8 Å². The van der Waals surface area contributed by atoms with Gasteiger partial charge in [0.2, 0.25) is 5.91 Å². The van der Waals surface area contributed by atoms with Gasteiger partial charge in [0.25, 0.3) is 0 Å². The zero-order valence-corrected chi connectivity index (χ0v) is 12.8. The standard InChI is InChI=1S/C15H22N2O2.ClH/c1-11(2)13-5-3-4-6-14(13)17-15(18)9-12-10-19-8-7-16-12;/h3-6,11-12,16H,7-10H2,1-2H3,(H,17,18);1H. The van der Waals surface area contributed by atoms with E-state index in [1.165, 1.54) is 5.56 Å². The monoisotopic (exact) mass is 298 g/mol. The highest BCUT2D eigenvalue weighted by atomic mass is 35.5. The molecule has 1 aromatic rings. The first-order chi connectivity index (χ1) is 9.16. The zero-order chi connectivity index (χ0) is 13.7. The summed E-state index contributed by atoms with van der Waals surface area (Å²) in [6.07, 6.45) is 0.451. The van der Waals surface area contributed by atoms with Crippen LogP contribution in [0.2, 0.25) is 0 Å². The Kier molecular flexibility index (Phi) is 6.99. The Morgan fingerprint density at radius 2 is 2.20 bits per heavy atom. The third-order valence-electron chi connectivity index (χ3n) is 3.29. The van der Waals surface area contributed by atoms with Gasteiger partial charge >= 0.3 is 0 Å². The van der Waals surface area contributed by atoms with Crippen molar-refractivity contribution in [3.63, 3.8) is 0 Å². The van der Waals surface area contributed by atoms with Crippen LogP contribution in [0.5, 0.6) is 0 Å². The number of para-hydroxylation sites is 1. The zero-order valence-electron chi connectivity index (χ0n) is 12.0. The van der Waals surface area contributed by atoms with Gasteiger partial charge in [0.05, 0.1) is 13.2 Å². The Hall–Kier alpha value is -1.10. The van der Waals surface area contributed by atoms with Gasteiger partial charge in [-0.1, -0.05) is 32.0 Å². The van der Waals surface area contributed by atoms with E-state index in [2.05, 4.69) is 30.5 Å². The highest BCUT2D eigenvalue weighted by Crippen LogP contribution is 2.23. The van der Waals surface area contributed by atoms with Crippen LogP contribution < -0.4 is 10.6 Å². The van der Waals surface area contributed by atoms with Crippen LogP contribution in [0.1, 0.15) is 31.7 Å². The molecule has 1 atom stereocenters. The highest BCUT2D eigenvalue weighted by Gasteiger charge is 2.17. The summed E-state index contributed by atoms with van der Waals surface area (Å²) in [6, 6.07) is 8.09. The largest absolute Gasteiger partial charge is 0.378 e. The summed E-state index contributed by atoms with van der Waals surface area (Å²) < 4.78 is 5.35. The minimum atomic E-state index is 0. The molecule has 0 aromatic heterocycles. The van der Waals surface area contributed by atoms with Gasteiger partial charge in [-0.3, -0.25) is 4.79 Å². The third-order valence-corrected chi connectivity index (χ3v) is 3.29. The molecule has 2 N–H and O–H groups in total. The number of amides is 1. The van der Waals surface area contributed by atoms with Crippen molar-refractivity contribution >= 4 is 24.0 Å². The quantitative estimate of drug-likeness (QED) is 0.898. The Morgan fingerprint density at radius 1 is 1.45 bits per heavy atom. The van der Waals surface area contributed by atoms with E-state index >= 15 is 0 Å². The molecular weight excluding hydrogens is 276 g/mol. The lowest BCUT2D eigenvalue weighted by atomic mass is 10.0. The second kappa shape index (κ2) is 8.25. The minimum absolute atomic E-state index is 0. The number of hydrogen-bond donors (Lipinski definition) is 2. The van der Waals surface area contributed by atoms with E-state index in [0.29, 0.717) is 18.9 Å². The summed E-state index contributed by atoms with van der Waals surface area (Å²) in [6.45, 7) is 6.41. The molecule has 0 bridgehead atoms. The van der Waals surface area contributed by atoms with Gasteiger partial charge in [-0.2, -0.15) is 0 Å². The molecule has 5 heteroatoms. The molecule has 1 unspecified atom stereocenters. The number of rotatable bonds is 4. The smallest absolute Gasteiger partial charge is 0.226 e. The predicted octanol–water partition coefficient (Wildman–Crippen LogP) is 2.55. The maximum absolute atomic E-state index is 12.0. The number of ether oxygens (including phenoxy) is 1. The number of nitrogens with one attached hydrogen (secondary N) is 2. The number of halogens is 1. The lowest BCUT2D eigenvalue weighted by Gasteiger charge is -2.23. The number of morpholine rings is 1. The van der Waals surface area contributed by atoms with Crippen LogP contribution >= 0.6 is 12.4 Å². The van der Waals surface area contributed by atoms with Gasteiger partial charge in [-0.25, -0.2) is 0 Å². The van der Waals surface area contributed by atoms with E-state index in [1.807, 2.05) is 18.2 Å². The third kappa shape index (κ3) is 4.78. The molecule has 20 heavy (non-hydrogen) atoms. The number of carbonyl (C=O) groups is 1. The second-order valence-electron chi connectivity index (χ2n) is 5.22. The summed E-state index contributed by atoms with van der Waals surface area (Å²) in [4.78, 5) is 12.0. The summed E-state index contributed by atoms with van der Waals surface area (Å²) in [7, 11) is 0. The van der Waals surface area contributed by atoms with Gasteiger partial charge in [0.1, 0.15) is 0 Å². The predicted molar refractivity (Wildman–Crippen MR) is 83.6 cm³/mol. The van der Waals surface area contributed by atoms with Crippen molar-refractivity contribution in [1.82, 2.24) is 5.32 Å². The Bertz CT molecular complexity index is 432. The maximum atomic E-state index is 12.0. The fraction of sp³-hybridized carbons (Fsp3) is 0.533. The summed E-state index contributed by atoms with van der Waals surface area (Å²) in [5.41, 5.74) is 2.09. The van der Waals surface area contributed by atoms with Crippen LogP contribution in [-0.4, -0.2) is 31.7 Å². The van der Waals surface area contributed by atoms with Gasteiger partial charge in [0, 0.05) is 24.7 Å². The molecule has 1 heterocycles. The van der Waals surface area contributed by atoms with Crippen LogP contribution in [0.4, 0.5) is 5.69 Å². The molecule has 0 spiro atoms. The highest BCUT2D eigenvalue weighted by molar-refractivity contribution is 5.92. The fourth-order valence-corrected chi connectivity index (χ4v) is 2.29. The Balaban J connectivity index is 0.00000200. The molecule has 0 radical (unpaired) electrons. The van der Waals surface area contributed by atoms with E-state index in [9.17, 15) is 4.79 Å². The molecule has 2 rings (SSSR count). The molecule has 1 fully saturated rings. The SMILES string of the molecule is CC(C)c1ccccc1NC(=O)CC1COCCN1.Cl. The minimum Gasteiger partial charge on any atom is -0.378 e. The van der Waals surface area contributed by atoms with E-state index < -0.39 is 0 Å². The molecule has 1 aliphatic heterocycles. The molecule has 0 saturated carbocycles. The van der Waals surface area contributed by atoms with E-state index in [1.54, 1.807) is 0 Å². The van der Waals surface area contributed by atoms with Crippen LogP contribution in [0, 0.1) is 0 Å². The molecular formula is C15H23ClN2O2. The Labute approximate surface area is 126 Å². The second-order valence-corrected chi connectivity index (χ2v) is 5.22. The average molecular weight is 299 g/mol. The number of benzene rings is 1. The molecule has 1 aromatic carbocycles. The van der Waals surface area contributed by atoms with Crippen molar-refractivity contribution in [1.29, 1.82) is 0 Å². The van der Waals surface area contributed by atoms with Crippen molar-refractivity contribution in [3.05, 3.63) is 29.8 Å². The van der Waals surface area contributed by atoms with Crippen LogP contribution in [0.3, 0.4) is 0 Å². The molecule has 4 nitrogen and oxygen atoms in total. The average Bonchev–Trinajstić information content (AvgIpc) is 2.40. The van der Waals surface area contributed by atoms with E-state index in [4.69, 9.17) is 4.74 Å². The van der Waals surface area contributed by atoms with Crippen molar-refractivity contribution < 1.29 is 9.53 Å². The van der Waals surface area contributed by atoms with Crippen molar-refractivity contribution in [2.75, 3.05) is 25.1 Å². The number of carbonyl (C=O) groups excluding carboxylic acids is 1.